The van der Waals surface area contributed by atoms with Crippen LogP contribution in [0.15, 0.2) is 18.2 Å². The number of halogens is 3. The predicted molar refractivity (Wildman–Crippen MR) is 68.3 cm³/mol. The minimum absolute atomic E-state index is 0.344. The van der Waals surface area contributed by atoms with Crippen LogP contribution in [-0.2, 0) is 0 Å². The fourth-order valence-corrected chi connectivity index (χ4v) is 1.76. The standard InChI is InChI=1S/C13H17F3N2O/c1-8-4-5-11(17-3)10(6-8)12(19)18-9(2)7-13(14,15)16/h4-6,9,17H,7H2,1-3H3,(H,18,19). The van der Waals surface area contributed by atoms with E-state index in [2.05, 4.69) is 10.6 Å². The van der Waals surface area contributed by atoms with Gasteiger partial charge < -0.3 is 10.6 Å². The Morgan fingerprint density at radius 2 is 2.00 bits per heavy atom. The monoisotopic (exact) mass is 274 g/mol. The zero-order chi connectivity index (χ0) is 14.6. The number of alkyl halides is 3. The first-order valence-electron chi connectivity index (χ1n) is 5.89. The Hall–Kier alpha value is -1.72. The molecular weight excluding hydrogens is 257 g/mol. The van der Waals surface area contributed by atoms with Crippen LogP contribution < -0.4 is 10.6 Å². The molecule has 19 heavy (non-hydrogen) atoms. The Morgan fingerprint density at radius 1 is 1.37 bits per heavy atom. The number of aryl methyl sites for hydroxylation is 1. The van der Waals surface area contributed by atoms with E-state index in [0.717, 1.165) is 5.56 Å². The molecule has 0 radical (unpaired) electrons. The molecule has 3 nitrogen and oxygen atoms in total. The van der Waals surface area contributed by atoms with Crippen molar-refractivity contribution in [2.45, 2.75) is 32.5 Å². The first-order valence-corrected chi connectivity index (χ1v) is 5.89. The predicted octanol–water partition coefficient (Wildman–Crippen LogP) is 3.11. The average molecular weight is 274 g/mol. The molecule has 0 spiro atoms. The van der Waals surface area contributed by atoms with E-state index in [1.54, 1.807) is 19.2 Å². The summed E-state index contributed by atoms with van der Waals surface area (Å²) in [5, 5.41) is 5.20. The minimum Gasteiger partial charge on any atom is -0.387 e. The van der Waals surface area contributed by atoms with Gasteiger partial charge in [0, 0.05) is 18.8 Å². The Bertz CT molecular complexity index is 458. The zero-order valence-corrected chi connectivity index (χ0v) is 11.1. The van der Waals surface area contributed by atoms with Crippen LogP contribution in [-0.4, -0.2) is 25.2 Å². The summed E-state index contributed by atoms with van der Waals surface area (Å²) >= 11 is 0. The number of nitrogens with one attached hydrogen (secondary N) is 2. The van der Waals surface area contributed by atoms with E-state index in [0.29, 0.717) is 11.3 Å². The van der Waals surface area contributed by atoms with Gasteiger partial charge in [-0.3, -0.25) is 4.79 Å². The summed E-state index contributed by atoms with van der Waals surface area (Å²) in [6, 6.07) is 4.22. The number of anilines is 1. The van der Waals surface area contributed by atoms with E-state index < -0.39 is 24.5 Å². The van der Waals surface area contributed by atoms with Gasteiger partial charge in [0.25, 0.3) is 5.91 Å². The third-order valence-corrected chi connectivity index (χ3v) is 2.60. The second-order valence-corrected chi connectivity index (χ2v) is 4.49. The smallest absolute Gasteiger partial charge is 0.387 e. The quantitative estimate of drug-likeness (QED) is 0.885. The number of benzene rings is 1. The van der Waals surface area contributed by atoms with Crippen LogP contribution >= 0.6 is 0 Å². The highest BCUT2D eigenvalue weighted by Gasteiger charge is 2.30. The first-order chi connectivity index (χ1) is 8.73. The maximum absolute atomic E-state index is 12.2. The molecule has 1 aromatic carbocycles. The van der Waals surface area contributed by atoms with Crippen molar-refractivity contribution in [2.75, 3.05) is 12.4 Å². The van der Waals surface area contributed by atoms with Crippen LogP contribution in [0.25, 0.3) is 0 Å². The SMILES string of the molecule is CNc1ccc(C)cc1C(=O)NC(C)CC(F)(F)F. The third kappa shape index (κ3) is 4.81. The van der Waals surface area contributed by atoms with Gasteiger partial charge in [0.05, 0.1) is 12.0 Å². The Kier molecular flexibility index (Phi) is 4.80. The topological polar surface area (TPSA) is 41.1 Å². The molecule has 1 unspecified atom stereocenters. The maximum atomic E-state index is 12.2. The van der Waals surface area contributed by atoms with Gasteiger partial charge in [-0.25, -0.2) is 0 Å². The van der Waals surface area contributed by atoms with Crippen molar-refractivity contribution in [1.29, 1.82) is 0 Å². The lowest BCUT2D eigenvalue weighted by Gasteiger charge is -2.17. The third-order valence-electron chi connectivity index (χ3n) is 2.60. The molecule has 0 fully saturated rings. The molecule has 0 bridgehead atoms. The fraction of sp³-hybridized carbons (Fsp3) is 0.462. The molecule has 1 atom stereocenters. The van der Waals surface area contributed by atoms with Crippen LogP contribution in [0.3, 0.4) is 0 Å². The average Bonchev–Trinajstić information content (AvgIpc) is 2.26. The molecule has 1 aromatic rings. The number of carbonyl (C=O) groups excluding carboxylic acids is 1. The van der Waals surface area contributed by atoms with Gasteiger partial charge in [-0.1, -0.05) is 11.6 Å². The lowest BCUT2D eigenvalue weighted by Crippen LogP contribution is -2.36. The van der Waals surface area contributed by atoms with E-state index in [9.17, 15) is 18.0 Å². The van der Waals surface area contributed by atoms with E-state index in [-0.39, 0.29) is 0 Å². The molecule has 0 aliphatic heterocycles. The number of hydrogen-bond acceptors (Lipinski definition) is 2. The van der Waals surface area contributed by atoms with Crippen LogP contribution in [0.1, 0.15) is 29.3 Å². The van der Waals surface area contributed by atoms with Gasteiger partial charge >= 0.3 is 6.18 Å². The summed E-state index contributed by atoms with van der Waals surface area (Å²) in [5.41, 5.74) is 1.80. The van der Waals surface area contributed by atoms with Crippen LogP contribution in [0.5, 0.6) is 0 Å². The van der Waals surface area contributed by atoms with Gasteiger partial charge in [0.15, 0.2) is 0 Å². The summed E-state index contributed by atoms with van der Waals surface area (Å²) in [6.45, 7) is 3.15. The maximum Gasteiger partial charge on any atom is 0.391 e. The first kappa shape index (κ1) is 15.3. The Morgan fingerprint density at radius 3 is 2.53 bits per heavy atom. The number of rotatable bonds is 4. The minimum atomic E-state index is -4.29. The molecule has 1 amide bonds. The number of hydrogen-bond donors (Lipinski definition) is 2. The lowest BCUT2D eigenvalue weighted by atomic mass is 10.1. The highest BCUT2D eigenvalue weighted by Crippen LogP contribution is 2.22. The van der Waals surface area contributed by atoms with Crippen molar-refractivity contribution in [3.8, 4) is 0 Å². The van der Waals surface area contributed by atoms with Crippen molar-refractivity contribution in [3.05, 3.63) is 29.3 Å². The summed E-state index contributed by atoms with van der Waals surface area (Å²) < 4.78 is 36.6. The molecule has 2 N–H and O–H groups in total. The molecule has 6 heteroatoms. The van der Waals surface area contributed by atoms with Crippen LogP contribution in [0, 0.1) is 6.92 Å². The molecule has 0 saturated carbocycles. The lowest BCUT2D eigenvalue weighted by molar-refractivity contribution is -0.138. The second-order valence-electron chi connectivity index (χ2n) is 4.49. The van der Waals surface area contributed by atoms with Crippen LogP contribution in [0.4, 0.5) is 18.9 Å². The zero-order valence-electron chi connectivity index (χ0n) is 11.1. The largest absolute Gasteiger partial charge is 0.391 e. The highest BCUT2D eigenvalue weighted by atomic mass is 19.4. The van der Waals surface area contributed by atoms with Gasteiger partial charge in [0.1, 0.15) is 0 Å². The van der Waals surface area contributed by atoms with E-state index >= 15 is 0 Å². The molecule has 1 rings (SSSR count). The Labute approximate surface area is 110 Å². The highest BCUT2D eigenvalue weighted by molar-refractivity contribution is 5.99. The van der Waals surface area contributed by atoms with Gasteiger partial charge in [-0.2, -0.15) is 13.2 Å². The van der Waals surface area contributed by atoms with E-state index in [1.165, 1.54) is 6.92 Å². The van der Waals surface area contributed by atoms with Gasteiger partial charge in [-0.15, -0.1) is 0 Å². The van der Waals surface area contributed by atoms with Crippen molar-refractivity contribution < 1.29 is 18.0 Å². The fourth-order valence-electron chi connectivity index (χ4n) is 1.76. The summed E-state index contributed by atoms with van der Waals surface area (Å²) in [7, 11) is 1.65. The molecule has 0 aliphatic carbocycles. The second kappa shape index (κ2) is 5.95. The molecular formula is C13H17F3N2O. The van der Waals surface area contributed by atoms with E-state index in [4.69, 9.17) is 0 Å². The van der Waals surface area contributed by atoms with Crippen molar-refractivity contribution in [1.82, 2.24) is 5.32 Å². The molecule has 0 aromatic heterocycles. The van der Waals surface area contributed by atoms with Crippen molar-refractivity contribution >= 4 is 11.6 Å². The number of carbonyl (C=O) groups is 1. The molecule has 0 saturated heterocycles. The molecule has 0 heterocycles. The molecule has 0 aliphatic rings. The van der Waals surface area contributed by atoms with Gasteiger partial charge in [0.2, 0.25) is 0 Å². The Balaban J connectivity index is 2.81. The summed E-state index contributed by atoms with van der Waals surface area (Å²) in [4.78, 5) is 12.0. The van der Waals surface area contributed by atoms with Gasteiger partial charge in [-0.05, 0) is 26.0 Å². The normalized spacial score (nSPS) is 12.9. The van der Waals surface area contributed by atoms with Crippen molar-refractivity contribution in [3.63, 3.8) is 0 Å². The summed E-state index contributed by atoms with van der Waals surface area (Å²) in [6.07, 6.45) is -5.33. The summed E-state index contributed by atoms with van der Waals surface area (Å²) in [5.74, 6) is -0.509. The van der Waals surface area contributed by atoms with Crippen molar-refractivity contribution in [2.24, 2.45) is 0 Å². The van der Waals surface area contributed by atoms with Crippen LogP contribution in [0.2, 0.25) is 0 Å². The molecule has 106 valence electrons. The number of amides is 1. The van der Waals surface area contributed by atoms with E-state index in [1.807, 2.05) is 13.0 Å².